The number of carboxylic acid groups (broad SMARTS) is 1. The van der Waals surface area contributed by atoms with E-state index >= 15 is 0 Å². The molecule has 0 spiro atoms. The van der Waals surface area contributed by atoms with E-state index < -0.39 is 5.97 Å². The van der Waals surface area contributed by atoms with Gasteiger partial charge in [0, 0.05) is 11.9 Å². The molecular weight excluding hydrogens is 242 g/mol. The highest BCUT2D eigenvalue weighted by atomic mass is 32.2. The molecule has 0 bridgehead atoms. The first kappa shape index (κ1) is 13.5. The Labute approximate surface area is 103 Å². The third-order valence-electron chi connectivity index (χ3n) is 2.07. The topological polar surface area (TPSA) is 66.8 Å². The average molecular weight is 255 g/mol. The summed E-state index contributed by atoms with van der Waals surface area (Å²) in [5.41, 5.74) is 0.211. The number of benzene rings is 1. The second-order valence-corrected chi connectivity index (χ2v) is 4.24. The van der Waals surface area contributed by atoms with Crippen LogP contribution in [0.4, 0.5) is 0 Å². The number of nitrogens with zero attached hydrogens (tertiary/aromatic N) is 1. The van der Waals surface area contributed by atoms with Crippen LogP contribution in [0.25, 0.3) is 0 Å². The van der Waals surface area contributed by atoms with Crippen LogP contribution in [0.2, 0.25) is 0 Å². The molecule has 6 heteroatoms. The monoisotopic (exact) mass is 255 g/mol. The third kappa shape index (κ3) is 4.08. The fraction of sp³-hybridized carbons (Fsp3) is 0.273. The number of carboxylic acids is 1. The lowest BCUT2D eigenvalue weighted by atomic mass is 10.2. The summed E-state index contributed by atoms with van der Waals surface area (Å²) >= 11 is 1.27. The Balaban J connectivity index is 2.60. The van der Waals surface area contributed by atoms with Crippen molar-refractivity contribution in [2.24, 2.45) is 0 Å². The molecule has 0 radical (unpaired) electrons. The van der Waals surface area contributed by atoms with E-state index in [9.17, 15) is 9.59 Å². The molecule has 1 aromatic carbocycles. The zero-order valence-corrected chi connectivity index (χ0v) is 10.4. The maximum absolute atomic E-state index is 11.4. The number of hydroxylamine groups is 2. The number of rotatable bonds is 5. The summed E-state index contributed by atoms with van der Waals surface area (Å²) in [7, 11) is 2.93. The minimum atomic E-state index is -0.979. The second-order valence-electron chi connectivity index (χ2n) is 3.20. The minimum absolute atomic E-state index is 0.182. The van der Waals surface area contributed by atoms with Gasteiger partial charge in [0.1, 0.15) is 0 Å². The molecule has 17 heavy (non-hydrogen) atoms. The minimum Gasteiger partial charge on any atom is -0.478 e. The van der Waals surface area contributed by atoms with Crippen molar-refractivity contribution in [2.45, 2.75) is 4.90 Å². The van der Waals surface area contributed by atoms with Crippen molar-refractivity contribution in [3.05, 3.63) is 29.8 Å². The van der Waals surface area contributed by atoms with Crippen LogP contribution >= 0.6 is 11.8 Å². The van der Waals surface area contributed by atoms with Crippen LogP contribution in [0, 0.1) is 0 Å². The maximum atomic E-state index is 11.4. The largest absolute Gasteiger partial charge is 0.478 e. The highest BCUT2D eigenvalue weighted by molar-refractivity contribution is 8.00. The van der Waals surface area contributed by atoms with E-state index in [1.54, 1.807) is 12.1 Å². The number of carbonyl (C=O) groups is 2. The average Bonchev–Trinajstić information content (AvgIpc) is 2.35. The predicted molar refractivity (Wildman–Crippen MR) is 63.9 cm³/mol. The number of hydrogen-bond acceptors (Lipinski definition) is 4. The van der Waals surface area contributed by atoms with Gasteiger partial charge >= 0.3 is 5.97 Å². The molecule has 1 N–H and O–H groups in total. The fourth-order valence-electron chi connectivity index (χ4n) is 1.06. The second kappa shape index (κ2) is 6.27. The number of carbonyl (C=O) groups excluding carboxylic acids is 1. The van der Waals surface area contributed by atoms with Gasteiger partial charge in [-0.2, -0.15) is 0 Å². The normalized spacial score (nSPS) is 10.0. The Bertz CT molecular complexity index is 422. The first-order valence-corrected chi connectivity index (χ1v) is 5.80. The highest BCUT2D eigenvalue weighted by Gasteiger charge is 2.09. The molecule has 92 valence electrons. The zero-order valence-electron chi connectivity index (χ0n) is 9.54. The molecule has 0 heterocycles. The third-order valence-corrected chi connectivity index (χ3v) is 3.05. The SMILES string of the molecule is CON(C)C(=O)CSc1cccc(C(=O)O)c1. The molecule has 1 amide bonds. The van der Waals surface area contributed by atoms with Gasteiger partial charge in [-0.3, -0.25) is 9.63 Å². The Morgan fingerprint density at radius 1 is 1.47 bits per heavy atom. The van der Waals surface area contributed by atoms with Crippen LogP contribution in [0.15, 0.2) is 29.2 Å². The molecule has 0 fully saturated rings. The van der Waals surface area contributed by atoms with Gasteiger partial charge in [-0.25, -0.2) is 9.86 Å². The van der Waals surface area contributed by atoms with Crippen LogP contribution < -0.4 is 0 Å². The Hall–Kier alpha value is -1.53. The molecular formula is C11H13NO4S. The van der Waals surface area contributed by atoms with Gasteiger partial charge in [0.2, 0.25) is 0 Å². The van der Waals surface area contributed by atoms with Gasteiger partial charge in [-0.1, -0.05) is 6.07 Å². The predicted octanol–water partition coefficient (Wildman–Crippen LogP) is 1.50. The summed E-state index contributed by atoms with van der Waals surface area (Å²) in [4.78, 5) is 27.6. The van der Waals surface area contributed by atoms with Crippen molar-refractivity contribution in [3.63, 3.8) is 0 Å². The van der Waals surface area contributed by atoms with Crippen LogP contribution in [0.3, 0.4) is 0 Å². The smallest absolute Gasteiger partial charge is 0.335 e. The van der Waals surface area contributed by atoms with E-state index in [4.69, 9.17) is 9.94 Å². The first-order chi connectivity index (χ1) is 8.04. The summed E-state index contributed by atoms with van der Waals surface area (Å²) in [5.74, 6) is -0.959. The molecule has 1 rings (SSSR count). The summed E-state index contributed by atoms with van der Waals surface area (Å²) in [6.07, 6.45) is 0. The van der Waals surface area contributed by atoms with Crippen molar-refractivity contribution in [1.29, 1.82) is 0 Å². The van der Waals surface area contributed by atoms with Crippen LogP contribution in [-0.4, -0.2) is 42.0 Å². The van der Waals surface area contributed by atoms with Crippen LogP contribution in [0.5, 0.6) is 0 Å². The first-order valence-electron chi connectivity index (χ1n) is 4.81. The molecule has 0 aliphatic carbocycles. The van der Waals surface area contributed by atoms with Gasteiger partial charge in [-0.05, 0) is 18.2 Å². The lowest BCUT2D eigenvalue weighted by Crippen LogP contribution is -2.26. The number of aromatic carboxylic acids is 1. The zero-order chi connectivity index (χ0) is 12.8. The van der Waals surface area contributed by atoms with Crippen LogP contribution in [0.1, 0.15) is 10.4 Å². The quantitative estimate of drug-likeness (QED) is 0.638. The van der Waals surface area contributed by atoms with E-state index in [2.05, 4.69) is 0 Å². The van der Waals surface area contributed by atoms with Crippen molar-refractivity contribution in [3.8, 4) is 0 Å². The maximum Gasteiger partial charge on any atom is 0.335 e. The summed E-state index contributed by atoms with van der Waals surface area (Å²) in [5, 5.41) is 9.94. The Morgan fingerprint density at radius 2 is 2.18 bits per heavy atom. The van der Waals surface area contributed by atoms with E-state index in [1.165, 1.54) is 38.1 Å². The number of hydrogen-bond donors (Lipinski definition) is 1. The number of amides is 1. The summed E-state index contributed by atoms with van der Waals surface area (Å²) in [6.45, 7) is 0. The molecule has 0 saturated carbocycles. The molecule has 0 aliphatic heterocycles. The van der Waals surface area contributed by atoms with E-state index in [1.807, 2.05) is 0 Å². The van der Waals surface area contributed by atoms with E-state index in [0.717, 1.165) is 9.96 Å². The molecule has 0 aromatic heterocycles. The number of thioether (sulfide) groups is 1. The molecule has 5 nitrogen and oxygen atoms in total. The highest BCUT2D eigenvalue weighted by Crippen LogP contribution is 2.19. The molecule has 0 unspecified atom stereocenters. The summed E-state index contributed by atoms with van der Waals surface area (Å²) < 4.78 is 0. The van der Waals surface area contributed by atoms with E-state index in [-0.39, 0.29) is 17.2 Å². The fourth-order valence-corrected chi connectivity index (χ4v) is 1.91. The lowest BCUT2D eigenvalue weighted by molar-refractivity contribution is -0.165. The standard InChI is InChI=1S/C11H13NO4S/c1-12(16-2)10(13)7-17-9-5-3-4-8(6-9)11(14)15/h3-6H,7H2,1-2H3,(H,14,15). The Kier molecular flexibility index (Phi) is 4.99. The summed E-state index contributed by atoms with van der Waals surface area (Å²) in [6, 6.07) is 6.45. The lowest BCUT2D eigenvalue weighted by Gasteiger charge is -2.12. The molecule has 1 aromatic rings. The molecule has 0 saturated heterocycles. The van der Waals surface area contributed by atoms with Crippen molar-refractivity contribution < 1.29 is 19.5 Å². The van der Waals surface area contributed by atoms with Gasteiger partial charge in [0.05, 0.1) is 18.4 Å². The van der Waals surface area contributed by atoms with Crippen LogP contribution in [-0.2, 0) is 9.63 Å². The Morgan fingerprint density at radius 3 is 2.76 bits per heavy atom. The van der Waals surface area contributed by atoms with Gasteiger partial charge < -0.3 is 5.11 Å². The molecule has 0 atom stereocenters. The van der Waals surface area contributed by atoms with Gasteiger partial charge in [0.25, 0.3) is 5.91 Å². The van der Waals surface area contributed by atoms with Gasteiger partial charge in [-0.15, -0.1) is 11.8 Å². The van der Waals surface area contributed by atoms with E-state index in [0.29, 0.717) is 0 Å². The van der Waals surface area contributed by atoms with Gasteiger partial charge in [0.15, 0.2) is 0 Å². The molecule has 0 aliphatic rings. The van der Waals surface area contributed by atoms with Crippen molar-refractivity contribution in [2.75, 3.05) is 19.9 Å². The van der Waals surface area contributed by atoms with Crippen molar-refractivity contribution in [1.82, 2.24) is 5.06 Å². The van der Waals surface area contributed by atoms with Crippen molar-refractivity contribution >= 4 is 23.6 Å².